The molecule has 2 aromatic carbocycles. The molecular formula is C23H27ClN2O5S. The Morgan fingerprint density at radius 2 is 1.81 bits per heavy atom. The van der Waals surface area contributed by atoms with Gasteiger partial charge in [-0.1, -0.05) is 49.7 Å². The average molecular weight is 479 g/mol. The molecule has 0 spiro atoms. The largest absolute Gasteiger partial charge is 0.452 e. The van der Waals surface area contributed by atoms with E-state index < -0.39 is 28.5 Å². The fourth-order valence-corrected chi connectivity index (χ4v) is 4.33. The van der Waals surface area contributed by atoms with Crippen LogP contribution >= 0.6 is 11.6 Å². The van der Waals surface area contributed by atoms with E-state index in [0.717, 1.165) is 6.07 Å². The number of hydrogen-bond acceptors (Lipinski definition) is 5. The Balaban J connectivity index is 2.26. The van der Waals surface area contributed by atoms with Crippen molar-refractivity contribution >= 4 is 39.2 Å². The van der Waals surface area contributed by atoms with E-state index in [1.54, 1.807) is 30.3 Å². The average Bonchev–Trinajstić information content (AvgIpc) is 2.76. The van der Waals surface area contributed by atoms with Crippen LogP contribution in [0.5, 0.6) is 0 Å². The van der Waals surface area contributed by atoms with E-state index in [4.69, 9.17) is 16.3 Å². The summed E-state index contributed by atoms with van der Waals surface area (Å²) in [6.45, 7) is 8.90. The number of ether oxygens (including phenoxy) is 1. The minimum absolute atomic E-state index is 0.0138. The Bertz CT molecular complexity index is 1070. The van der Waals surface area contributed by atoms with Gasteiger partial charge < -0.3 is 10.1 Å². The summed E-state index contributed by atoms with van der Waals surface area (Å²) in [6.07, 6.45) is 1.46. The van der Waals surface area contributed by atoms with E-state index in [9.17, 15) is 18.0 Å². The molecule has 0 heterocycles. The number of nitrogens with zero attached hydrogens (tertiary/aromatic N) is 1. The van der Waals surface area contributed by atoms with Gasteiger partial charge in [0.25, 0.3) is 15.9 Å². The zero-order valence-corrected chi connectivity index (χ0v) is 19.8. The van der Waals surface area contributed by atoms with Gasteiger partial charge in [0.15, 0.2) is 6.61 Å². The maximum atomic E-state index is 13.3. The lowest BCUT2D eigenvalue weighted by Gasteiger charge is -2.23. The number of nitrogens with one attached hydrogen (secondary N) is 1. The zero-order chi connectivity index (χ0) is 23.9. The molecule has 2 rings (SSSR count). The van der Waals surface area contributed by atoms with Crippen molar-refractivity contribution in [1.29, 1.82) is 0 Å². The first-order valence-electron chi connectivity index (χ1n) is 10.0. The molecule has 0 aliphatic heterocycles. The molecule has 7 nitrogen and oxygen atoms in total. The van der Waals surface area contributed by atoms with E-state index in [-0.39, 0.29) is 34.0 Å². The summed E-state index contributed by atoms with van der Waals surface area (Å²) in [5.41, 5.74) is 0.298. The first-order chi connectivity index (χ1) is 15.1. The highest BCUT2D eigenvalue weighted by atomic mass is 35.5. The monoisotopic (exact) mass is 478 g/mol. The number of hydrogen-bond donors (Lipinski definition) is 1. The van der Waals surface area contributed by atoms with Crippen LogP contribution in [-0.2, 0) is 19.6 Å². The van der Waals surface area contributed by atoms with Gasteiger partial charge in [-0.3, -0.25) is 9.10 Å². The van der Waals surface area contributed by atoms with Crippen LogP contribution < -0.4 is 9.62 Å². The van der Waals surface area contributed by atoms with Crippen molar-refractivity contribution in [2.75, 3.05) is 17.5 Å². The Kier molecular flexibility index (Phi) is 8.86. The smallest absolute Gasteiger partial charge is 0.340 e. The lowest BCUT2D eigenvalue weighted by Crippen LogP contribution is -2.38. The minimum atomic E-state index is -4.03. The van der Waals surface area contributed by atoms with Crippen LogP contribution in [0.1, 0.15) is 31.1 Å². The SMILES string of the molecule is C=CCN(c1ccccc1)S(=O)(=O)c1ccc(Cl)c(C(=O)OCC(=O)N[C@H](C)C(C)C)c1. The highest BCUT2D eigenvalue weighted by Gasteiger charge is 2.26. The zero-order valence-electron chi connectivity index (χ0n) is 18.2. The van der Waals surface area contributed by atoms with Crippen molar-refractivity contribution in [3.05, 3.63) is 71.8 Å². The standard InChI is InChI=1S/C23H27ClN2O5S/c1-5-13-26(18-9-7-6-8-10-18)32(29,30)19-11-12-21(24)20(14-19)23(28)31-15-22(27)25-17(4)16(2)3/h5-12,14,16-17H,1,13,15H2,2-4H3,(H,25,27)/t17-/m1/s1. The van der Waals surface area contributed by atoms with Gasteiger partial charge in [-0.2, -0.15) is 0 Å². The third kappa shape index (κ3) is 6.34. The summed E-state index contributed by atoms with van der Waals surface area (Å²) >= 11 is 6.11. The van der Waals surface area contributed by atoms with Crippen molar-refractivity contribution < 1.29 is 22.7 Å². The number of sulfonamides is 1. The molecule has 9 heteroatoms. The summed E-state index contributed by atoms with van der Waals surface area (Å²) < 4.78 is 32.8. The van der Waals surface area contributed by atoms with Crippen LogP contribution in [0.15, 0.2) is 66.1 Å². The molecule has 0 unspecified atom stereocenters. The molecule has 0 saturated carbocycles. The molecule has 0 saturated heterocycles. The predicted molar refractivity (Wildman–Crippen MR) is 125 cm³/mol. The van der Waals surface area contributed by atoms with Gasteiger partial charge in [-0.25, -0.2) is 13.2 Å². The summed E-state index contributed by atoms with van der Waals surface area (Å²) in [7, 11) is -4.03. The molecule has 1 atom stereocenters. The number of carbonyl (C=O) groups excluding carboxylic acids is 2. The number of para-hydroxylation sites is 1. The number of anilines is 1. The van der Waals surface area contributed by atoms with Gasteiger partial charge in [0.1, 0.15) is 0 Å². The summed E-state index contributed by atoms with van der Waals surface area (Å²) in [4.78, 5) is 24.4. The Hall–Kier alpha value is -2.84. The highest BCUT2D eigenvalue weighted by molar-refractivity contribution is 7.92. The Labute approximate surface area is 194 Å². The first-order valence-corrected chi connectivity index (χ1v) is 11.8. The molecule has 0 bridgehead atoms. The van der Waals surface area contributed by atoms with Crippen LogP contribution in [0, 0.1) is 5.92 Å². The van der Waals surface area contributed by atoms with Crippen LogP contribution in [0.25, 0.3) is 0 Å². The number of rotatable bonds is 10. The van der Waals surface area contributed by atoms with Gasteiger partial charge in [0.2, 0.25) is 0 Å². The van der Waals surface area contributed by atoms with Gasteiger partial charge >= 0.3 is 5.97 Å². The van der Waals surface area contributed by atoms with Crippen molar-refractivity contribution in [2.45, 2.75) is 31.7 Å². The lowest BCUT2D eigenvalue weighted by atomic mass is 10.1. The fraction of sp³-hybridized carbons (Fsp3) is 0.304. The maximum absolute atomic E-state index is 13.3. The second-order valence-corrected chi connectivity index (χ2v) is 9.75. The Morgan fingerprint density at radius 3 is 2.41 bits per heavy atom. The molecule has 1 N–H and O–H groups in total. The molecule has 0 fully saturated rings. The highest BCUT2D eigenvalue weighted by Crippen LogP contribution is 2.27. The number of esters is 1. The summed E-state index contributed by atoms with van der Waals surface area (Å²) in [5.74, 6) is -1.14. The van der Waals surface area contributed by atoms with E-state index in [1.807, 2.05) is 20.8 Å². The number of halogens is 1. The number of amides is 1. The van der Waals surface area contributed by atoms with Gasteiger partial charge in [0.05, 0.1) is 27.7 Å². The quantitative estimate of drug-likeness (QED) is 0.411. The molecule has 0 aliphatic rings. The van der Waals surface area contributed by atoms with E-state index >= 15 is 0 Å². The van der Waals surface area contributed by atoms with Gasteiger partial charge in [-0.15, -0.1) is 6.58 Å². The van der Waals surface area contributed by atoms with Gasteiger partial charge in [0, 0.05) is 6.04 Å². The van der Waals surface area contributed by atoms with Crippen molar-refractivity contribution in [2.24, 2.45) is 5.92 Å². The second kappa shape index (κ2) is 11.2. The van der Waals surface area contributed by atoms with Crippen molar-refractivity contribution in [3.63, 3.8) is 0 Å². The molecule has 32 heavy (non-hydrogen) atoms. The lowest BCUT2D eigenvalue weighted by molar-refractivity contribution is -0.125. The number of benzene rings is 2. The van der Waals surface area contributed by atoms with Crippen LogP contribution in [0.2, 0.25) is 5.02 Å². The fourth-order valence-electron chi connectivity index (χ4n) is 2.67. The van der Waals surface area contributed by atoms with E-state index in [1.165, 1.54) is 22.5 Å². The third-order valence-corrected chi connectivity index (χ3v) is 6.93. The van der Waals surface area contributed by atoms with Crippen molar-refractivity contribution in [1.82, 2.24) is 5.32 Å². The molecule has 0 aliphatic carbocycles. The van der Waals surface area contributed by atoms with Crippen LogP contribution in [0.4, 0.5) is 5.69 Å². The predicted octanol–water partition coefficient (Wildman–Crippen LogP) is 4.04. The maximum Gasteiger partial charge on any atom is 0.340 e. The number of carbonyl (C=O) groups is 2. The Morgan fingerprint density at radius 1 is 1.16 bits per heavy atom. The van der Waals surface area contributed by atoms with Crippen LogP contribution in [-0.4, -0.2) is 39.5 Å². The second-order valence-electron chi connectivity index (χ2n) is 7.48. The molecule has 0 aromatic heterocycles. The molecule has 1 amide bonds. The molecule has 2 aromatic rings. The first kappa shape index (κ1) is 25.4. The molecular weight excluding hydrogens is 452 g/mol. The van der Waals surface area contributed by atoms with Crippen LogP contribution in [0.3, 0.4) is 0 Å². The summed E-state index contributed by atoms with van der Waals surface area (Å²) in [5, 5.41) is 2.74. The van der Waals surface area contributed by atoms with E-state index in [0.29, 0.717) is 5.69 Å². The molecule has 172 valence electrons. The van der Waals surface area contributed by atoms with Crippen molar-refractivity contribution in [3.8, 4) is 0 Å². The van der Waals surface area contributed by atoms with E-state index in [2.05, 4.69) is 11.9 Å². The molecule has 0 radical (unpaired) electrons. The normalized spacial score (nSPS) is 12.2. The topological polar surface area (TPSA) is 92.8 Å². The summed E-state index contributed by atoms with van der Waals surface area (Å²) in [6, 6.07) is 12.2. The van der Waals surface area contributed by atoms with Gasteiger partial charge in [-0.05, 0) is 43.2 Å². The minimum Gasteiger partial charge on any atom is -0.452 e. The third-order valence-electron chi connectivity index (χ3n) is 4.81.